The number of H-pyrrole nitrogens is 1. The third-order valence-electron chi connectivity index (χ3n) is 5.39. The molecule has 2 aromatic heterocycles. The SMILES string of the molecule is CC(C)(C)c1ccc2nc(-c3ccc(-c4ncc(C(N)=O)cc4CCCl)cc3)[nH]c2c1. The van der Waals surface area contributed by atoms with Gasteiger partial charge >= 0.3 is 0 Å². The average molecular weight is 433 g/mol. The molecule has 31 heavy (non-hydrogen) atoms. The number of aromatic amines is 1. The molecular weight excluding hydrogens is 408 g/mol. The number of benzene rings is 2. The Morgan fingerprint density at radius 3 is 2.42 bits per heavy atom. The summed E-state index contributed by atoms with van der Waals surface area (Å²) in [5.41, 5.74) is 12.7. The lowest BCUT2D eigenvalue weighted by molar-refractivity contribution is 0.1000. The van der Waals surface area contributed by atoms with E-state index in [9.17, 15) is 4.79 Å². The van der Waals surface area contributed by atoms with Gasteiger partial charge in [-0.25, -0.2) is 4.98 Å². The monoisotopic (exact) mass is 432 g/mol. The quantitative estimate of drug-likeness (QED) is 0.410. The highest BCUT2D eigenvalue weighted by Gasteiger charge is 2.16. The number of fused-ring (bicyclic) bond motifs is 1. The van der Waals surface area contributed by atoms with Gasteiger partial charge in [-0.15, -0.1) is 11.6 Å². The average Bonchev–Trinajstić information content (AvgIpc) is 3.17. The fraction of sp³-hybridized carbons (Fsp3) is 0.240. The van der Waals surface area contributed by atoms with Crippen molar-refractivity contribution in [2.45, 2.75) is 32.6 Å². The van der Waals surface area contributed by atoms with Crippen LogP contribution in [0.1, 0.15) is 42.3 Å². The summed E-state index contributed by atoms with van der Waals surface area (Å²) in [6.07, 6.45) is 2.11. The summed E-state index contributed by atoms with van der Waals surface area (Å²) in [6.45, 7) is 6.60. The summed E-state index contributed by atoms with van der Waals surface area (Å²) in [7, 11) is 0. The normalized spacial score (nSPS) is 11.7. The summed E-state index contributed by atoms with van der Waals surface area (Å²) < 4.78 is 0. The van der Waals surface area contributed by atoms with Gasteiger partial charge in [-0.1, -0.05) is 51.1 Å². The van der Waals surface area contributed by atoms with E-state index in [4.69, 9.17) is 22.3 Å². The van der Waals surface area contributed by atoms with Gasteiger partial charge in [0.2, 0.25) is 5.91 Å². The number of hydrogen-bond acceptors (Lipinski definition) is 3. The van der Waals surface area contributed by atoms with Crippen molar-refractivity contribution in [1.82, 2.24) is 15.0 Å². The Morgan fingerprint density at radius 2 is 1.77 bits per heavy atom. The highest BCUT2D eigenvalue weighted by atomic mass is 35.5. The predicted octanol–water partition coefficient (Wildman–Crippen LogP) is 5.47. The summed E-state index contributed by atoms with van der Waals surface area (Å²) in [4.78, 5) is 24.2. The van der Waals surface area contributed by atoms with Gasteiger partial charge in [0.1, 0.15) is 5.82 Å². The van der Waals surface area contributed by atoms with Crippen molar-refractivity contribution < 1.29 is 4.79 Å². The van der Waals surface area contributed by atoms with Crippen LogP contribution in [-0.4, -0.2) is 26.7 Å². The van der Waals surface area contributed by atoms with E-state index in [-0.39, 0.29) is 5.41 Å². The number of nitrogens with one attached hydrogen (secondary N) is 1. The van der Waals surface area contributed by atoms with Crippen LogP contribution in [0.2, 0.25) is 0 Å². The molecular formula is C25H25ClN4O. The molecule has 0 saturated heterocycles. The molecule has 4 aromatic rings. The van der Waals surface area contributed by atoms with Crippen molar-refractivity contribution in [3.8, 4) is 22.6 Å². The second-order valence-electron chi connectivity index (χ2n) is 8.68. The third-order valence-corrected chi connectivity index (χ3v) is 5.58. The van der Waals surface area contributed by atoms with Gasteiger partial charge < -0.3 is 10.7 Å². The Labute approximate surface area is 186 Å². The predicted molar refractivity (Wildman–Crippen MR) is 126 cm³/mol. The number of pyridine rings is 1. The van der Waals surface area contributed by atoms with Crippen LogP contribution in [0.3, 0.4) is 0 Å². The number of primary amides is 1. The Morgan fingerprint density at radius 1 is 1.06 bits per heavy atom. The first-order valence-electron chi connectivity index (χ1n) is 10.2. The molecule has 6 heteroatoms. The van der Waals surface area contributed by atoms with Crippen molar-refractivity contribution in [3.05, 3.63) is 71.4 Å². The minimum atomic E-state index is -0.496. The number of carbonyl (C=O) groups excluding carboxylic acids is 1. The number of aromatic nitrogens is 3. The van der Waals surface area contributed by atoms with Gasteiger partial charge in [0.05, 0.1) is 22.3 Å². The topological polar surface area (TPSA) is 84.7 Å². The molecule has 0 radical (unpaired) electrons. The first-order valence-corrected chi connectivity index (χ1v) is 10.8. The molecule has 0 fully saturated rings. The Hall–Kier alpha value is -3.18. The third kappa shape index (κ3) is 4.32. The molecule has 0 saturated carbocycles. The van der Waals surface area contributed by atoms with E-state index in [1.165, 1.54) is 11.8 Å². The summed E-state index contributed by atoms with van der Waals surface area (Å²) in [5.74, 6) is 0.764. The zero-order chi connectivity index (χ0) is 22.2. The van der Waals surface area contributed by atoms with Gasteiger partial charge in [0.25, 0.3) is 0 Å². The lowest BCUT2D eigenvalue weighted by Crippen LogP contribution is -2.12. The molecule has 0 spiro atoms. The molecule has 1 amide bonds. The number of nitrogens with zero attached hydrogens (tertiary/aromatic N) is 2. The van der Waals surface area contributed by atoms with Crippen molar-refractivity contribution in [1.29, 1.82) is 0 Å². The molecule has 3 N–H and O–H groups in total. The number of imidazole rings is 1. The van der Waals surface area contributed by atoms with Crippen LogP contribution in [0.25, 0.3) is 33.7 Å². The maximum atomic E-state index is 11.5. The summed E-state index contributed by atoms with van der Waals surface area (Å²) in [5, 5.41) is 0. The highest BCUT2D eigenvalue weighted by Crippen LogP contribution is 2.29. The molecule has 5 nitrogen and oxygen atoms in total. The second-order valence-corrected chi connectivity index (χ2v) is 9.06. The molecule has 0 unspecified atom stereocenters. The largest absolute Gasteiger partial charge is 0.366 e. The molecule has 2 heterocycles. The van der Waals surface area contributed by atoms with E-state index in [1.807, 2.05) is 24.3 Å². The molecule has 0 aliphatic heterocycles. The Balaban J connectivity index is 1.68. The standard InChI is InChI=1S/C25H25ClN4O/c1-25(2,3)19-8-9-20-21(13-19)30-24(29-20)16-6-4-15(5-7-16)22-17(10-11-26)12-18(14-28-22)23(27)31/h4-9,12-14H,10-11H2,1-3H3,(H2,27,31)(H,29,30). The van der Waals surface area contributed by atoms with Gasteiger partial charge in [-0.05, 0) is 41.2 Å². The van der Waals surface area contributed by atoms with Crippen LogP contribution < -0.4 is 5.73 Å². The van der Waals surface area contributed by atoms with Crippen LogP contribution in [0, 0.1) is 0 Å². The number of rotatable bonds is 5. The number of amides is 1. The second kappa shape index (κ2) is 8.16. The number of nitrogens with two attached hydrogens (primary N) is 1. The Bertz CT molecular complexity index is 1250. The molecule has 0 atom stereocenters. The van der Waals surface area contributed by atoms with Crippen molar-refractivity contribution in [2.75, 3.05) is 5.88 Å². The van der Waals surface area contributed by atoms with Gasteiger partial charge in [0.15, 0.2) is 0 Å². The number of hydrogen-bond donors (Lipinski definition) is 2. The molecule has 0 aliphatic carbocycles. The van der Waals surface area contributed by atoms with Crippen molar-refractivity contribution >= 4 is 28.5 Å². The van der Waals surface area contributed by atoms with Crippen LogP contribution in [0.5, 0.6) is 0 Å². The van der Waals surface area contributed by atoms with Gasteiger partial charge in [-0.3, -0.25) is 9.78 Å². The minimum Gasteiger partial charge on any atom is -0.366 e. The lowest BCUT2D eigenvalue weighted by atomic mass is 9.87. The van der Waals surface area contributed by atoms with E-state index in [0.29, 0.717) is 17.9 Å². The van der Waals surface area contributed by atoms with Crippen LogP contribution >= 0.6 is 11.6 Å². The first-order chi connectivity index (χ1) is 14.8. The molecule has 158 valence electrons. The van der Waals surface area contributed by atoms with Crippen LogP contribution in [-0.2, 0) is 11.8 Å². The summed E-state index contributed by atoms with van der Waals surface area (Å²) >= 11 is 5.95. The fourth-order valence-electron chi connectivity index (χ4n) is 3.60. The minimum absolute atomic E-state index is 0.0823. The van der Waals surface area contributed by atoms with E-state index in [2.05, 4.69) is 48.9 Å². The molecule has 0 aliphatic rings. The van der Waals surface area contributed by atoms with Crippen molar-refractivity contribution in [3.63, 3.8) is 0 Å². The van der Waals surface area contributed by atoms with E-state index >= 15 is 0 Å². The van der Waals surface area contributed by atoms with E-state index in [1.54, 1.807) is 6.07 Å². The zero-order valence-electron chi connectivity index (χ0n) is 17.9. The maximum Gasteiger partial charge on any atom is 0.250 e. The fourth-order valence-corrected chi connectivity index (χ4v) is 3.80. The number of alkyl halides is 1. The lowest BCUT2D eigenvalue weighted by Gasteiger charge is -2.18. The highest BCUT2D eigenvalue weighted by molar-refractivity contribution is 6.18. The van der Waals surface area contributed by atoms with Gasteiger partial charge in [-0.2, -0.15) is 0 Å². The molecule has 4 rings (SSSR count). The maximum absolute atomic E-state index is 11.5. The first kappa shape index (κ1) is 21.1. The summed E-state index contributed by atoms with van der Waals surface area (Å²) in [6, 6.07) is 16.2. The zero-order valence-corrected chi connectivity index (χ0v) is 18.6. The number of halogens is 1. The van der Waals surface area contributed by atoms with Crippen molar-refractivity contribution in [2.24, 2.45) is 5.73 Å². The number of carbonyl (C=O) groups is 1. The van der Waals surface area contributed by atoms with Crippen LogP contribution in [0.15, 0.2) is 54.7 Å². The van der Waals surface area contributed by atoms with Crippen LogP contribution in [0.4, 0.5) is 0 Å². The van der Waals surface area contributed by atoms with E-state index in [0.717, 1.165) is 39.2 Å². The van der Waals surface area contributed by atoms with Gasteiger partial charge in [0, 0.05) is 23.2 Å². The molecule has 2 aromatic carbocycles. The molecule has 0 bridgehead atoms. The number of aryl methyl sites for hydroxylation is 1. The van der Waals surface area contributed by atoms with E-state index < -0.39 is 5.91 Å². The smallest absolute Gasteiger partial charge is 0.250 e. The Kier molecular flexibility index (Phi) is 5.54.